The Labute approximate surface area is 73.4 Å². The molecule has 0 aliphatic carbocycles. The van der Waals surface area contributed by atoms with Gasteiger partial charge < -0.3 is 4.74 Å². The molecule has 0 aromatic carbocycles. The van der Waals surface area contributed by atoms with Gasteiger partial charge >= 0.3 is 0 Å². The molecule has 1 atom stereocenters. The first-order chi connectivity index (χ1) is 5.36. The molecule has 1 rings (SSSR count). The van der Waals surface area contributed by atoms with E-state index in [1.807, 2.05) is 11.9 Å². The van der Waals surface area contributed by atoms with Crippen molar-refractivity contribution in [3.63, 3.8) is 0 Å². The standard InChI is InChI=1S/C8H16NOS/c1-3-11-9-6-4-8(10-2)5-7-9/h4,8H,3,5-7H2,1-2H3. The molecule has 0 aromatic heterocycles. The predicted molar refractivity (Wildman–Crippen MR) is 49.4 cm³/mol. The zero-order valence-electron chi connectivity index (χ0n) is 7.25. The topological polar surface area (TPSA) is 12.5 Å². The number of hydrogen-bond donors (Lipinski definition) is 0. The summed E-state index contributed by atoms with van der Waals surface area (Å²) in [5, 5.41) is 0. The molecule has 1 saturated heterocycles. The molecule has 1 heterocycles. The summed E-state index contributed by atoms with van der Waals surface area (Å²) in [6.07, 6.45) is 3.78. The van der Waals surface area contributed by atoms with Crippen molar-refractivity contribution >= 4 is 11.9 Å². The van der Waals surface area contributed by atoms with Crippen molar-refractivity contribution in [1.82, 2.24) is 4.31 Å². The Bertz CT molecular complexity index is 102. The smallest absolute Gasteiger partial charge is 0.0628 e. The molecule has 3 heteroatoms. The van der Waals surface area contributed by atoms with Gasteiger partial charge in [0, 0.05) is 32.4 Å². The van der Waals surface area contributed by atoms with Gasteiger partial charge in [-0.3, -0.25) is 4.31 Å². The van der Waals surface area contributed by atoms with Crippen molar-refractivity contribution in [2.45, 2.75) is 19.4 Å². The van der Waals surface area contributed by atoms with Crippen LogP contribution in [0.1, 0.15) is 13.3 Å². The maximum absolute atomic E-state index is 5.23. The van der Waals surface area contributed by atoms with E-state index in [0.29, 0.717) is 6.10 Å². The van der Waals surface area contributed by atoms with Crippen LogP contribution in [-0.4, -0.2) is 36.4 Å². The molecule has 1 fully saturated rings. The first-order valence-electron chi connectivity index (χ1n) is 4.10. The van der Waals surface area contributed by atoms with Crippen LogP contribution in [0, 0.1) is 6.42 Å². The van der Waals surface area contributed by atoms with Gasteiger partial charge in [0.2, 0.25) is 0 Å². The summed E-state index contributed by atoms with van der Waals surface area (Å²) in [5.41, 5.74) is 0. The molecule has 1 radical (unpaired) electrons. The van der Waals surface area contributed by atoms with Gasteiger partial charge in [0.25, 0.3) is 0 Å². The monoisotopic (exact) mass is 174 g/mol. The second kappa shape index (κ2) is 5.01. The molecular weight excluding hydrogens is 158 g/mol. The van der Waals surface area contributed by atoms with Gasteiger partial charge in [0.1, 0.15) is 0 Å². The predicted octanol–water partition coefficient (Wildman–Crippen LogP) is 1.58. The van der Waals surface area contributed by atoms with Crippen molar-refractivity contribution in [2.24, 2.45) is 0 Å². The molecule has 1 aliphatic heterocycles. The van der Waals surface area contributed by atoms with E-state index in [0.717, 1.165) is 19.5 Å². The number of methoxy groups -OCH3 is 1. The molecule has 0 amide bonds. The Balaban J connectivity index is 2.14. The van der Waals surface area contributed by atoms with E-state index in [2.05, 4.69) is 17.6 Å². The maximum atomic E-state index is 5.23. The lowest BCUT2D eigenvalue weighted by molar-refractivity contribution is 0.0983. The number of ether oxygens (including phenoxy) is 1. The van der Waals surface area contributed by atoms with Crippen molar-refractivity contribution in [1.29, 1.82) is 0 Å². The average molecular weight is 174 g/mol. The number of hydrogen-bond acceptors (Lipinski definition) is 3. The van der Waals surface area contributed by atoms with Crippen LogP contribution in [0.25, 0.3) is 0 Å². The zero-order chi connectivity index (χ0) is 8.10. The van der Waals surface area contributed by atoms with E-state index in [4.69, 9.17) is 4.74 Å². The fourth-order valence-corrected chi connectivity index (χ4v) is 2.02. The SMILES string of the molecule is CCSN1C[CH]C(OC)CC1. The van der Waals surface area contributed by atoms with E-state index in [1.165, 1.54) is 5.75 Å². The number of nitrogens with zero attached hydrogens (tertiary/aromatic N) is 1. The minimum atomic E-state index is 0.392. The Kier molecular flexibility index (Phi) is 4.26. The molecule has 1 aliphatic rings. The van der Waals surface area contributed by atoms with Gasteiger partial charge in [-0.25, -0.2) is 0 Å². The van der Waals surface area contributed by atoms with Gasteiger partial charge in [-0.2, -0.15) is 0 Å². The van der Waals surface area contributed by atoms with Crippen molar-refractivity contribution in [3.05, 3.63) is 6.42 Å². The summed E-state index contributed by atoms with van der Waals surface area (Å²) < 4.78 is 7.61. The van der Waals surface area contributed by atoms with Gasteiger partial charge in [0.05, 0.1) is 6.10 Å². The van der Waals surface area contributed by atoms with E-state index in [9.17, 15) is 0 Å². The average Bonchev–Trinajstić information content (AvgIpc) is 2.07. The molecular formula is C8H16NOS. The Morgan fingerprint density at radius 3 is 3.00 bits per heavy atom. The van der Waals surface area contributed by atoms with E-state index in [-0.39, 0.29) is 0 Å². The quantitative estimate of drug-likeness (QED) is 0.603. The maximum Gasteiger partial charge on any atom is 0.0628 e. The largest absolute Gasteiger partial charge is 0.381 e. The first kappa shape index (κ1) is 9.36. The third-order valence-electron chi connectivity index (χ3n) is 1.85. The molecule has 0 spiro atoms. The molecule has 0 saturated carbocycles. The van der Waals surface area contributed by atoms with Gasteiger partial charge in [-0.1, -0.05) is 18.9 Å². The summed E-state index contributed by atoms with van der Waals surface area (Å²) in [7, 11) is 1.78. The summed E-state index contributed by atoms with van der Waals surface area (Å²) in [4.78, 5) is 0. The van der Waals surface area contributed by atoms with E-state index in [1.54, 1.807) is 7.11 Å². The van der Waals surface area contributed by atoms with E-state index < -0.39 is 0 Å². The molecule has 2 nitrogen and oxygen atoms in total. The van der Waals surface area contributed by atoms with Crippen LogP contribution in [0.5, 0.6) is 0 Å². The van der Waals surface area contributed by atoms with Crippen molar-refractivity contribution in [2.75, 3.05) is 26.0 Å². The molecule has 65 valence electrons. The molecule has 0 bridgehead atoms. The minimum Gasteiger partial charge on any atom is -0.381 e. The number of piperidine rings is 1. The number of rotatable bonds is 3. The molecule has 0 aromatic rings. The Hall–Kier alpha value is 0.270. The van der Waals surface area contributed by atoms with Crippen LogP contribution in [-0.2, 0) is 4.74 Å². The van der Waals surface area contributed by atoms with Crippen molar-refractivity contribution < 1.29 is 4.74 Å². The van der Waals surface area contributed by atoms with Crippen LogP contribution >= 0.6 is 11.9 Å². The highest BCUT2D eigenvalue weighted by molar-refractivity contribution is 7.96. The van der Waals surface area contributed by atoms with E-state index >= 15 is 0 Å². The molecule has 11 heavy (non-hydrogen) atoms. The second-order valence-electron chi connectivity index (χ2n) is 2.60. The molecule has 0 N–H and O–H groups in total. The highest BCUT2D eigenvalue weighted by Crippen LogP contribution is 2.18. The van der Waals surface area contributed by atoms with Crippen LogP contribution in [0.3, 0.4) is 0 Å². The normalized spacial score (nSPS) is 22.4. The summed E-state index contributed by atoms with van der Waals surface area (Å²) in [5.74, 6) is 1.17. The third-order valence-corrected chi connectivity index (χ3v) is 2.80. The summed E-state index contributed by atoms with van der Waals surface area (Å²) in [6.45, 7) is 4.41. The van der Waals surface area contributed by atoms with Crippen LogP contribution in [0.2, 0.25) is 0 Å². The van der Waals surface area contributed by atoms with Gasteiger partial charge in [-0.15, -0.1) is 0 Å². The molecule has 1 unspecified atom stereocenters. The summed E-state index contributed by atoms with van der Waals surface area (Å²) in [6, 6.07) is 0. The van der Waals surface area contributed by atoms with Gasteiger partial charge in [0.15, 0.2) is 0 Å². The lowest BCUT2D eigenvalue weighted by Crippen LogP contribution is -2.32. The zero-order valence-corrected chi connectivity index (χ0v) is 8.06. The van der Waals surface area contributed by atoms with Crippen molar-refractivity contribution in [3.8, 4) is 0 Å². The fraction of sp³-hybridized carbons (Fsp3) is 0.875. The Morgan fingerprint density at radius 1 is 1.73 bits per heavy atom. The lowest BCUT2D eigenvalue weighted by Gasteiger charge is -2.29. The minimum absolute atomic E-state index is 0.392. The summed E-state index contributed by atoms with van der Waals surface area (Å²) >= 11 is 1.91. The lowest BCUT2D eigenvalue weighted by atomic mass is 10.1. The van der Waals surface area contributed by atoms with Crippen LogP contribution < -0.4 is 0 Å². The highest BCUT2D eigenvalue weighted by Gasteiger charge is 2.18. The van der Waals surface area contributed by atoms with Gasteiger partial charge in [-0.05, 0) is 6.42 Å². The fourth-order valence-electron chi connectivity index (χ4n) is 1.23. The highest BCUT2D eigenvalue weighted by atomic mass is 32.2. The van der Waals surface area contributed by atoms with Crippen LogP contribution in [0.4, 0.5) is 0 Å². The first-order valence-corrected chi connectivity index (χ1v) is 5.05. The van der Waals surface area contributed by atoms with Crippen LogP contribution in [0.15, 0.2) is 0 Å². The third kappa shape index (κ3) is 3.01. The Morgan fingerprint density at radius 2 is 2.55 bits per heavy atom. The second-order valence-corrected chi connectivity index (χ2v) is 3.96.